The normalized spacial score (nSPS) is 26.0. The molecule has 0 amide bonds. The van der Waals surface area contributed by atoms with Crippen LogP contribution >= 0.6 is 0 Å². The molecule has 4 heteroatoms. The van der Waals surface area contributed by atoms with Crippen LogP contribution in [0.25, 0.3) is 0 Å². The molecule has 4 nitrogen and oxygen atoms in total. The van der Waals surface area contributed by atoms with E-state index in [1.54, 1.807) is 0 Å². The monoisotopic (exact) mass is 209 g/mol. The molecule has 1 N–H and O–H groups in total. The Hall–Kier alpha value is -0.900. The van der Waals surface area contributed by atoms with E-state index in [0.717, 1.165) is 24.6 Å². The fourth-order valence-electron chi connectivity index (χ4n) is 2.34. The summed E-state index contributed by atoms with van der Waals surface area (Å²) in [4.78, 5) is 4.46. The second-order valence-electron chi connectivity index (χ2n) is 4.23. The van der Waals surface area contributed by atoms with E-state index in [1.807, 2.05) is 7.05 Å². The summed E-state index contributed by atoms with van der Waals surface area (Å²) >= 11 is 0. The van der Waals surface area contributed by atoms with E-state index in [4.69, 9.17) is 4.52 Å². The number of hydrogen-bond donors (Lipinski definition) is 1. The van der Waals surface area contributed by atoms with Gasteiger partial charge in [-0.05, 0) is 26.3 Å². The molecule has 2 rings (SSSR count). The Kier molecular flexibility index (Phi) is 3.36. The highest BCUT2D eigenvalue weighted by atomic mass is 16.5. The van der Waals surface area contributed by atoms with Gasteiger partial charge in [0.1, 0.15) is 0 Å². The maximum Gasteiger partial charge on any atom is 0.231 e. The summed E-state index contributed by atoms with van der Waals surface area (Å²) in [5.74, 6) is 2.11. The van der Waals surface area contributed by atoms with E-state index in [0.29, 0.717) is 12.0 Å². The highest BCUT2D eigenvalue weighted by Gasteiger charge is 2.31. The summed E-state index contributed by atoms with van der Waals surface area (Å²) in [5.41, 5.74) is 0. The van der Waals surface area contributed by atoms with Crippen molar-refractivity contribution >= 4 is 0 Å². The van der Waals surface area contributed by atoms with Crippen LogP contribution in [0.15, 0.2) is 4.52 Å². The predicted octanol–water partition coefficient (Wildman–Crippen LogP) is 1.88. The van der Waals surface area contributed by atoms with Gasteiger partial charge in [-0.15, -0.1) is 0 Å². The van der Waals surface area contributed by atoms with Gasteiger partial charge in [0.25, 0.3) is 0 Å². The molecule has 1 aliphatic rings. The largest absolute Gasteiger partial charge is 0.339 e. The van der Waals surface area contributed by atoms with Gasteiger partial charge in [0.05, 0.1) is 5.92 Å². The summed E-state index contributed by atoms with van der Waals surface area (Å²) in [6, 6.07) is 0.514. The second-order valence-corrected chi connectivity index (χ2v) is 4.23. The van der Waals surface area contributed by atoms with Gasteiger partial charge in [-0.2, -0.15) is 4.98 Å². The zero-order chi connectivity index (χ0) is 10.7. The molecule has 0 aromatic carbocycles. The molecule has 1 heterocycles. The number of likely N-dealkylation sites (N-methyl/N-ethyl adjacent to an activating group) is 1. The SMILES string of the molecule is CCCc1noc(C2CCCC2NC)n1. The quantitative estimate of drug-likeness (QED) is 0.822. The van der Waals surface area contributed by atoms with Gasteiger partial charge in [-0.25, -0.2) is 0 Å². The smallest absolute Gasteiger partial charge is 0.231 e. The Morgan fingerprint density at radius 3 is 3.07 bits per heavy atom. The Morgan fingerprint density at radius 2 is 2.33 bits per heavy atom. The van der Waals surface area contributed by atoms with E-state index >= 15 is 0 Å². The van der Waals surface area contributed by atoms with Crippen LogP contribution < -0.4 is 5.32 Å². The summed E-state index contributed by atoms with van der Waals surface area (Å²) in [6.45, 7) is 2.13. The van der Waals surface area contributed by atoms with Gasteiger partial charge < -0.3 is 9.84 Å². The summed E-state index contributed by atoms with van der Waals surface area (Å²) in [6.07, 6.45) is 5.62. The molecule has 0 spiro atoms. The first-order valence-electron chi connectivity index (χ1n) is 5.85. The number of hydrogen-bond acceptors (Lipinski definition) is 4. The lowest BCUT2D eigenvalue weighted by atomic mass is 10.0. The van der Waals surface area contributed by atoms with Crippen LogP contribution in [0, 0.1) is 0 Å². The minimum atomic E-state index is 0.424. The fraction of sp³-hybridized carbons (Fsp3) is 0.818. The van der Waals surface area contributed by atoms with Crippen molar-refractivity contribution in [1.29, 1.82) is 0 Å². The van der Waals surface area contributed by atoms with E-state index in [2.05, 4.69) is 22.4 Å². The first-order valence-corrected chi connectivity index (χ1v) is 5.85. The summed E-state index contributed by atoms with van der Waals surface area (Å²) < 4.78 is 5.33. The topological polar surface area (TPSA) is 51.0 Å². The third-order valence-corrected chi connectivity index (χ3v) is 3.16. The van der Waals surface area contributed by atoms with Crippen LogP contribution in [0.3, 0.4) is 0 Å². The third kappa shape index (κ3) is 2.20. The molecule has 0 radical (unpaired) electrons. The number of aryl methyl sites for hydroxylation is 1. The first-order chi connectivity index (χ1) is 7.35. The molecule has 0 aliphatic heterocycles. The number of nitrogens with one attached hydrogen (secondary N) is 1. The third-order valence-electron chi connectivity index (χ3n) is 3.16. The van der Waals surface area contributed by atoms with Crippen molar-refractivity contribution < 1.29 is 4.52 Å². The number of rotatable bonds is 4. The lowest BCUT2D eigenvalue weighted by molar-refractivity contribution is 0.332. The van der Waals surface area contributed by atoms with E-state index in [-0.39, 0.29) is 0 Å². The molecule has 2 unspecified atom stereocenters. The van der Waals surface area contributed by atoms with Crippen molar-refractivity contribution in [1.82, 2.24) is 15.5 Å². The highest BCUT2D eigenvalue weighted by Crippen LogP contribution is 2.33. The van der Waals surface area contributed by atoms with Crippen LogP contribution in [0.5, 0.6) is 0 Å². The van der Waals surface area contributed by atoms with Gasteiger partial charge in [0.2, 0.25) is 5.89 Å². The molecule has 1 aliphatic carbocycles. The van der Waals surface area contributed by atoms with E-state index in [9.17, 15) is 0 Å². The van der Waals surface area contributed by atoms with Crippen molar-refractivity contribution in [2.24, 2.45) is 0 Å². The van der Waals surface area contributed by atoms with Gasteiger partial charge in [-0.1, -0.05) is 18.5 Å². The molecule has 2 atom stereocenters. The van der Waals surface area contributed by atoms with Crippen molar-refractivity contribution in [3.8, 4) is 0 Å². The molecular weight excluding hydrogens is 190 g/mol. The first kappa shape index (κ1) is 10.6. The minimum Gasteiger partial charge on any atom is -0.339 e. The Bertz CT molecular complexity index is 311. The van der Waals surface area contributed by atoms with Gasteiger partial charge >= 0.3 is 0 Å². The molecule has 1 saturated carbocycles. The Morgan fingerprint density at radius 1 is 1.47 bits per heavy atom. The zero-order valence-corrected chi connectivity index (χ0v) is 9.49. The fourth-order valence-corrected chi connectivity index (χ4v) is 2.34. The summed E-state index contributed by atoms with van der Waals surface area (Å²) in [7, 11) is 2.01. The van der Waals surface area contributed by atoms with Crippen LogP contribution in [0.4, 0.5) is 0 Å². The standard InChI is InChI=1S/C11H19N3O/c1-3-5-10-13-11(15-14-10)8-6-4-7-9(8)12-2/h8-9,12H,3-7H2,1-2H3. The molecule has 1 fully saturated rings. The van der Waals surface area contributed by atoms with Gasteiger partial charge in [0.15, 0.2) is 5.82 Å². The predicted molar refractivity (Wildman–Crippen MR) is 57.7 cm³/mol. The molecule has 1 aromatic rings. The molecule has 1 aromatic heterocycles. The van der Waals surface area contributed by atoms with Crippen LogP contribution in [-0.4, -0.2) is 23.2 Å². The van der Waals surface area contributed by atoms with Crippen LogP contribution in [0.2, 0.25) is 0 Å². The molecule has 84 valence electrons. The van der Waals surface area contributed by atoms with Gasteiger partial charge in [-0.3, -0.25) is 0 Å². The van der Waals surface area contributed by atoms with Crippen molar-refractivity contribution in [2.75, 3.05) is 7.05 Å². The van der Waals surface area contributed by atoms with Crippen molar-refractivity contribution in [2.45, 2.75) is 51.0 Å². The van der Waals surface area contributed by atoms with Gasteiger partial charge in [0, 0.05) is 12.5 Å². The zero-order valence-electron chi connectivity index (χ0n) is 9.49. The van der Waals surface area contributed by atoms with Crippen molar-refractivity contribution in [3.63, 3.8) is 0 Å². The molecule has 0 saturated heterocycles. The maximum absolute atomic E-state index is 5.33. The van der Waals surface area contributed by atoms with Crippen molar-refractivity contribution in [3.05, 3.63) is 11.7 Å². The Labute approximate surface area is 90.4 Å². The molecule has 0 bridgehead atoms. The highest BCUT2D eigenvalue weighted by molar-refractivity contribution is 5.02. The average Bonchev–Trinajstić information content (AvgIpc) is 2.84. The lowest BCUT2D eigenvalue weighted by Gasteiger charge is -2.14. The average molecular weight is 209 g/mol. The number of nitrogens with zero attached hydrogens (tertiary/aromatic N) is 2. The lowest BCUT2D eigenvalue weighted by Crippen LogP contribution is -2.27. The van der Waals surface area contributed by atoms with E-state index in [1.165, 1.54) is 19.3 Å². The van der Waals surface area contributed by atoms with Crippen LogP contribution in [0.1, 0.15) is 50.2 Å². The second kappa shape index (κ2) is 4.75. The summed E-state index contributed by atoms with van der Waals surface area (Å²) in [5, 5.41) is 7.33. The van der Waals surface area contributed by atoms with Crippen LogP contribution in [-0.2, 0) is 6.42 Å². The minimum absolute atomic E-state index is 0.424. The number of aromatic nitrogens is 2. The maximum atomic E-state index is 5.33. The van der Waals surface area contributed by atoms with E-state index < -0.39 is 0 Å². The Balaban J connectivity index is 2.07. The molecular formula is C11H19N3O. The molecule has 15 heavy (non-hydrogen) atoms.